The first-order chi connectivity index (χ1) is 10.4. The molecule has 2 heterocycles. The Hall–Kier alpha value is -2.36. The lowest BCUT2D eigenvalue weighted by Gasteiger charge is -2.04. The smallest absolute Gasteiger partial charge is 0.360 e. The monoisotopic (exact) mass is 317 g/mol. The molecule has 7 nitrogen and oxygen atoms in total. The number of hydrogen-bond acceptors (Lipinski definition) is 4. The van der Waals surface area contributed by atoms with E-state index in [1.165, 1.54) is 10.9 Å². The predicted octanol–water partition coefficient (Wildman–Crippen LogP) is 1.73. The first kappa shape index (κ1) is 16.0. The molecule has 0 radical (unpaired) electrons. The predicted molar refractivity (Wildman–Crippen MR) is 69.7 cm³/mol. The van der Waals surface area contributed by atoms with Gasteiger partial charge in [0.25, 0.3) is 0 Å². The van der Waals surface area contributed by atoms with Gasteiger partial charge in [0, 0.05) is 12.8 Å². The highest BCUT2D eigenvalue weighted by Crippen LogP contribution is 2.27. The number of alkyl halides is 3. The zero-order valence-corrected chi connectivity index (χ0v) is 11.7. The van der Waals surface area contributed by atoms with Crippen LogP contribution in [0.15, 0.2) is 24.7 Å². The molecule has 0 aliphatic carbocycles. The minimum Gasteiger partial charge on any atom is -0.360 e. The molecule has 1 amide bonds. The van der Waals surface area contributed by atoms with Crippen LogP contribution in [0.2, 0.25) is 0 Å². The van der Waals surface area contributed by atoms with E-state index < -0.39 is 17.8 Å². The quantitative estimate of drug-likeness (QED) is 0.880. The zero-order chi connectivity index (χ0) is 16.2. The lowest BCUT2D eigenvalue weighted by atomic mass is 10.4. The second-order valence-electron chi connectivity index (χ2n) is 4.33. The number of carbonyl (C=O) groups excluding carboxylic acids is 1. The van der Waals surface area contributed by atoms with E-state index >= 15 is 0 Å². The molecule has 22 heavy (non-hydrogen) atoms. The van der Waals surface area contributed by atoms with Gasteiger partial charge in [-0.2, -0.15) is 23.4 Å². The van der Waals surface area contributed by atoms with E-state index in [0.717, 1.165) is 16.9 Å². The van der Waals surface area contributed by atoms with Crippen LogP contribution in [-0.4, -0.2) is 32.1 Å². The van der Waals surface area contributed by atoms with Crippen molar-refractivity contribution in [1.82, 2.24) is 19.6 Å². The Bertz CT molecular complexity index is 635. The van der Waals surface area contributed by atoms with Crippen LogP contribution in [0.5, 0.6) is 0 Å². The molecule has 120 valence electrons. The van der Waals surface area contributed by atoms with E-state index in [1.807, 2.05) is 6.92 Å². The van der Waals surface area contributed by atoms with E-state index in [0.29, 0.717) is 12.3 Å². The number of amides is 1. The summed E-state index contributed by atoms with van der Waals surface area (Å²) in [7, 11) is 0. The lowest BCUT2D eigenvalue weighted by molar-refractivity contribution is -0.141. The summed E-state index contributed by atoms with van der Waals surface area (Å²) < 4.78 is 44.7. The molecular formula is C12H14F3N5O2. The molecule has 2 aromatic heterocycles. The van der Waals surface area contributed by atoms with Gasteiger partial charge >= 0.3 is 6.18 Å². The Morgan fingerprint density at radius 2 is 2.18 bits per heavy atom. The molecule has 1 N–H and O–H groups in total. The zero-order valence-electron chi connectivity index (χ0n) is 11.7. The minimum atomic E-state index is -4.53. The second kappa shape index (κ2) is 6.60. The van der Waals surface area contributed by atoms with Gasteiger partial charge in [-0.15, -0.1) is 0 Å². The number of anilines is 1. The maximum Gasteiger partial charge on any atom is 0.435 e. The Balaban J connectivity index is 1.90. The molecule has 0 saturated carbocycles. The summed E-state index contributed by atoms with van der Waals surface area (Å²) in [5.74, 6) is -0.507. The van der Waals surface area contributed by atoms with Gasteiger partial charge in [-0.1, -0.05) is 0 Å². The van der Waals surface area contributed by atoms with Crippen LogP contribution in [0, 0.1) is 0 Å². The molecule has 0 unspecified atom stereocenters. The Morgan fingerprint density at radius 1 is 1.41 bits per heavy atom. The van der Waals surface area contributed by atoms with Crippen LogP contribution in [0.1, 0.15) is 12.6 Å². The van der Waals surface area contributed by atoms with Gasteiger partial charge in [0.1, 0.15) is 13.3 Å². The minimum absolute atomic E-state index is 0.250. The third-order valence-electron chi connectivity index (χ3n) is 2.58. The number of rotatable bonds is 6. The van der Waals surface area contributed by atoms with Crippen molar-refractivity contribution in [3.05, 3.63) is 30.4 Å². The van der Waals surface area contributed by atoms with Crippen LogP contribution < -0.4 is 5.32 Å². The fourth-order valence-electron chi connectivity index (χ4n) is 1.63. The van der Waals surface area contributed by atoms with Crippen molar-refractivity contribution in [2.45, 2.75) is 26.4 Å². The summed E-state index contributed by atoms with van der Waals surface area (Å²) >= 11 is 0. The van der Waals surface area contributed by atoms with Gasteiger partial charge in [0.05, 0.1) is 18.1 Å². The fourth-order valence-corrected chi connectivity index (χ4v) is 1.63. The molecule has 0 aliphatic rings. The number of nitrogens with one attached hydrogen (secondary N) is 1. The van der Waals surface area contributed by atoms with Crippen molar-refractivity contribution < 1.29 is 22.7 Å². The van der Waals surface area contributed by atoms with E-state index in [2.05, 4.69) is 15.5 Å². The molecule has 10 heteroatoms. The fraction of sp³-hybridized carbons (Fsp3) is 0.417. The maximum atomic E-state index is 12.4. The molecule has 0 fully saturated rings. The number of halogens is 3. The summed E-state index contributed by atoms with van der Waals surface area (Å²) in [4.78, 5) is 11.7. The number of carbonyl (C=O) groups is 1. The normalized spacial score (nSPS) is 11.6. The van der Waals surface area contributed by atoms with E-state index in [-0.39, 0.29) is 13.3 Å². The van der Waals surface area contributed by atoms with Crippen LogP contribution >= 0.6 is 0 Å². The van der Waals surface area contributed by atoms with Crippen molar-refractivity contribution in [1.29, 1.82) is 0 Å². The number of nitrogens with zero attached hydrogens (tertiary/aromatic N) is 4. The Labute approximate surface area is 123 Å². The molecule has 0 aromatic carbocycles. The van der Waals surface area contributed by atoms with Gasteiger partial charge in [-0.3, -0.25) is 9.48 Å². The molecule has 0 bridgehead atoms. The third-order valence-corrected chi connectivity index (χ3v) is 2.58. The van der Waals surface area contributed by atoms with Gasteiger partial charge in [0.15, 0.2) is 5.69 Å². The Kier molecular flexibility index (Phi) is 4.81. The molecule has 2 rings (SSSR count). The standard InChI is InChI=1S/C12H14F3N5O2/c1-2-22-8-20-6-9(5-16-20)17-11(21)7-19-4-3-10(18-19)12(13,14)15/h3-6H,2,7-8H2,1H3,(H,17,21). The molecule has 0 saturated heterocycles. The number of aromatic nitrogens is 4. The summed E-state index contributed by atoms with van der Waals surface area (Å²) in [6.45, 7) is 2.29. The first-order valence-electron chi connectivity index (χ1n) is 6.39. The van der Waals surface area contributed by atoms with Gasteiger partial charge < -0.3 is 10.1 Å². The molecule has 0 spiro atoms. The van der Waals surface area contributed by atoms with Crippen molar-refractivity contribution >= 4 is 11.6 Å². The third kappa shape index (κ3) is 4.32. The van der Waals surface area contributed by atoms with Crippen LogP contribution in [0.3, 0.4) is 0 Å². The first-order valence-corrected chi connectivity index (χ1v) is 6.39. The van der Waals surface area contributed by atoms with E-state index in [4.69, 9.17) is 4.74 Å². The highest BCUT2D eigenvalue weighted by Gasteiger charge is 2.33. The summed E-state index contributed by atoms with van der Waals surface area (Å²) in [5, 5.41) is 9.77. The topological polar surface area (TPSA) is 74.0 Å². The highest BCUT2D eigenvalue weighted by atomic mass is 19.4. The lowest BCUT2D eigenvalue weighted by Crippen LogP contribution is -2.19. The molecule has 0 atom stereocenters. The Morgan fingerprint density at radius 3 is 2.82 bits per heavy atom. The largest absolute Gasteiger partial charge is 0.435 e. The van der Waals surface area contributed by atoms with Gasteiger partial charge in [0.2, 0.25) is 5.91 Å². The SMILES string of the molecule is CCOCn1cc(NC(=O)Cn2ccc(C(F)(F)F)n2)cn1. The number of hydrogen-bond donors (Lipinski definition) is 1. The van der Waals surface area contributed by atoms with Crippen molar-refractivity contribution in [2.75, 3.05) is 11.9 Å². The average Bonchev–Trinajstić information content (AvgIpc) is 3.05. The van der Waals surface area contributed by atoms with Crippen molar-refractivity contribution in [3.8, 4) is 0 Å². The summed E-state index contributed by atoms with van der Waals surface area (Å²) in [6.07, 6.45) is -0.456. The van der Waals surface area contributed by atoms with Crippen LogP contribution in [-0.2, 0) is 29.0 Å². The molecule has 2 aromatic rings. The van der Waals surface area contributed by atoms with Gasteiger partial charge in [-0.05, 0) is 13.0 Å². The molecule has 0 aliphatic heterocycles. The maximum absolute atomic E-state index is 12.4. The van der Waals surface area contributed by atoms with E-state index in [9.17, 15) is 18.0 Å². The van der Waals surface area contributed by atoms with Crippen molar-refractivity contribution in [3.63, 3.8) is 0 Å². The summed E-state index contributed by atoms with van der Waals surface area (Å²) in [5.41, 5.74) is -0.613. The average molecular weight is 317 g/mol. The number of ether oxygens (including phenoxy) is 1. The van der Waals surface area contributed by atoms with E-state index in [1.54, 1.807) is 6.20 Å². The van der Waals surface area contributed by atoms with Crippen LogP contribution in [0.25, 0.3) is 0 Å². The van der Waals surface area contributed by atoms with Crippen molar-refractivity contribution in [2.24, 2.45) is 0 Å². The second-order valence-corrected chi connectivity index (χ2v) is 4.33. The van der Waals surface area contributed by atoms with Gasteiger partial charge in [-0.25, -0.2) is 4.68 Å². The summed E-state index contributed by atoms with van der Waals surface area (Å²) in [6, 6.07) is 0.813. The molecular weight excluding hydrogens is 303 g/mol. The highest BCUT2D eigenvalue weighted by molar-refractivity contribution is 5.90. The van der Waals surface area contributed by atoms with Crippen LogP contribution in [0.4, 0.5) is 18.9 Å².